The van der Waals surface area contributed by atoms with E-state index in [1.54, 1.807) is 39.0 Å². The lowest BCUT2D eigenvalue weighted by Crippen LogP contribution is -2.40. The number of alkyl halides is 3. The zero-order chi connectivity index (χ0) is 45.2. The highest BCUT2D eigenvalue weighted by Gasteiger charge is 2.36. The molecule has 5 rings (SSSR count). The van der Waals surface area contributed by atoms with Crippen molar-refractivity contribution in [2.75, 3.05) is 43.3 Å². The number of carboxylic acid groups (broad SMARTS) is 1. The number of carbonyl (C=O) groups excluding carboxylic acids is 1. The average Bonchev–Trinajstić information content (AvgIpc) is 3.83. The summed E-state index contributed by atoms with van der Waals surface area (Å²) in [6, 6.07) is 11.3. The second-order valence-corrected chi connectivity index (χ2v) is 16.8. The highest BCUT2D eigenvalue weighted by molar-refractivity contribution is 7.92. The van der Waals surface area contributed by atoms with E-state index in [1.807, 2.05) is 0 Å². The first-order chi connectivity index (χ1) is 27.9. The van der Waals surface area contributed by atoms with Crippen molar-refractivity contribution >= 4 is 81.1 Å². The highest BCUT2D eigenvalue weighted by Crippen LogP contribution is 2.36. The van der Waals surface area contributed by atoms with Gasteiger partial charge in [0, 0.05) is 23.9 Å². The van der Waals surface area contributed by atoms with Gasteiger partial charge in [0.05, 0.1) is 42.8 Å². The quantitative estimate of drug-likeness (QED) is 0.0683. The predicted octanol–water partition coefficient (Wildman–Crippen LogP) is 5.47. The Morgan fingerprint density at radius 3 is 2.23 bits per heavy atom. The van der Waals surface area contributed by atoms with E-state index in [1.165, 1.54) is 54.0 Å². The third-order valence-electron chi connectivity index (χ3n) is 7.02. The van der Waals surface area contributed by atoms with Crippen LogP contribution in [0.5, 0.6) is 16.8 Å². The van der Waals surface area contributed by atoms with Crippen molar-refractivity contribution in [3.63, 3.8) is 0 Å². The molecule has 0 bridgehead atoms. The van der Waals surface area contributed by atoms with Crippen LogP contribution in [0.3, 0.4) is 0 Å². The topological polar surface area (TPSA) is 257 Å². The molecule has 0 aliphatic heterocycles. The number of pyridine rings is 1. The molecule has 0 saturated heterocycles. The Bertz CT molecular complexity index is 2440. The van der Waals surface area contributed by atoms with Crippen molar-refractivity contribution in [1.82, 2.24) is 30.1 Å². The van der Waals surface area contributed by atoms with E-state index >= 15 is 0 Å². The summed E-state index contributed by atoms with van der Waals surface area (Å²) in [5.41, 5.74) is 1.43. The van der Waals surface area contributed by atoms with E-state index < -0.39 is 71.1 Å². The van der Waals surface area contributed by atoms with Crippen LogP contribution in [0.4, 0.5) is 28.9 Å². The fraction of sp³-hybridized carbons (Fsp3) is 0.312. The number of halogens is 6. The van der Waals surface area contributed by atoms with E-state index in [9.17, 15) is 40.1 Å². The Morgan fingerprint density at radius 1 is 1.05 bits per heavy atom. The minimum absolute atomic E-state index is 0.0664. The van der Waals surface area contributed by atoms with Gasteiger partial charge in [-0.05, 0) is 56.7 Å². The van der Waals surface area contributed by atoms with Crippen molar-refractivity contribution < 1.29 is 69.2 Å². The van der Waals surface area contributed by atoms with Crippen molar-refractivity contribution in [1.29, 1.82) is 0 Å². The minimum atomic E-state index is -4.61. The summed E-state index contributed by atoms with van der Waals surface area (Å²) in [6.07, 6.45) is -5.21. The van der Waals surface area contributed by atoms with Gasteiger partial charge in [-0.25, -0.2) is 4.39 Å². The van der Waals surface area contributed by atoms with Crippen LogP contribution in [-0.2, 0) is 30.4 Å². The number of aromatic nitrogens is 5. The SMILES string of the molecule is CC(C)N(C(=O)COc1nnc(C(F)(F)F)s1)c1ccc(F)cc1.COc1cc(OC)n2nc(S(=O)(=O)Nc3c(Cl)ccc(C)c3Cl)nc2c1.O=C(O)CNCP(=O)(O)O. The number of carbonyl (C=O) groups is 2. The molecule has 0 aliphatic carbocycles. The molecular weight excluding hydrogens is 914 g/mol. The van der Waals surface area contributed by atoms with Crippen LogP contribution in [0.1, 0.15) is 24.4 Å². The van der Waals surface area contributed by atoms with Crippen LogP contribution < -0.4 is 29.1 Å². The standard InChI is InChI=1S/C15H14Cl2N4O4S.C14H13F4N3O2S.C3H8NO5P/c1-8-4-5-10(16)14(13(8)17)20-26(22,23)15-18-11-6-9(24-2)7-12(25-3)21(11)19-15;1-8(2)21(10-5-3-9(15)4-6-10)11(22)7-23-13-20-19-12(24-13)14(16,17)18;5-3(6)1-4-2-10(7,8)9/h4-7,20H,1-3H3;3-6,8H,7H2,1-2H3;4H,1-2H2,(H,5,6)(H2,7,8,9). The molecule has 0 radical (unpaired) electrons. The van der Waals surface area contributed by atoms with Crippen LogP contribution in [0.25, 0.3) is 5.65 Å². The lowest BCUT2D eigenvalue weighted by Gasteiger charge is -2.26. The Balaban J connectivity index is 0.000000263. The molecule has 2 aromatic carbocycles. The van der Waals surface area contributed by atoms with Gasteiger partial charge in [-0.1, -0.05) is 45.7 Å². The number of aryl methyl sites for hydroxylation is 1. The van der Waals surface area contributed by atoms with Crippen molar-refractivity contribution in [3.8, 4) is 16.8 Å². The Morgan fingerprint density at radius 2 is 1.70 bits per heavy atom. The second-order valence-electron chi connectivity index (χ2n) is 11.9. The van der Waals surface area contributed by atoms with Crippen molar-refractivity contribution in [2.45, 2.75) is 38.1 Å². The lowest BCUT2D eigenvalue weighted by atomic mass is 10.2. The third kappa shape index (κ3) is 14.4. The summed E-state index contributed by atoms with van der Waals surface area (Å²) in [5, 5.41) is 18.7. The zero-order valence-corrected chi connectivity index (χ0v) is 35.7. The molecule has 0 spiro atoms. The van der Waals surface area contributed by atoms with E-state index in [-0.39, 0.29) is 49.8 Å². The van der Waals surface area contributed by atoms with E-state index in [2.05, 4.69) is 30.3 Å². The number of fused-ring (bicyclic) bond motifs is 1. The normalized spacial score (nSPS) is 11.6. The highest BCUT2D eigenvalue weighted by atomic mass is 35.5. The molecule has 28 heteroatoms. The van der Waals surface area contributed by atoms with E-state index in [0.29, 0.717) is 17.0 Å². The maximum Gasteiger partial charge on any atom is 0.445 e. The van der Waals surface area contributed by atoms with Gasteiger partial charge in [0.1, 0.15) is 11.6 Å². The molecule has 60 heavy (non-hydrogen) atoms. The molecular formula is C32H35Cl2F4N8O11PS2. The van der Waals surface area contributed by atoms with Gasteiger partial charge in [0.25, 0.3) is 26.3 Å². The number of ether oxygens (including phenoxy) is 3. The first-order valence-corrected chi connectivity index (χ1v) is 21.3. The maximum absolute atomic E-state index is 13.0. The van der Waals surface area contributed by atoms with Gasteiger partial charge >= 0.3 is 19.7 Å². The first-order valence-electron chi connectivity index (χ1n) is 16.4. The number of anilines is 2. The van der Waals surface area contributed by atoms with E-state index in [4.69, 9.17) is 52.3 Å². The largest absolute Gasteiger partial charge is 0.496 e. The molecule has 0 saturated carbocycles. The Kier molecular flexibility index (Phi) is 17.4. The number of hydrogen-bond donors (Lipinski definition) is 5. The molecule has 19 nitrogen and oxygen atoms in total. The number of rotatable bonds is 14. The molecule has 3 heterocycles. The smallest absolute Gasteiger partial charge is 0.445 e. The molecule has 0 fully saturated rings. The van der Waals surface area contributed by atoms with Gasteiger partial charge in [-0.15, -0.1) is 10.2 Å². The number of aliphatic carboxylic acids is 1. The second kappa shape index (κ2) is 21.1. The van der Waals surface area contributed by atoms with Gasteiger partial charge in [-0.2, -0.15) is 31.1 Å². The summed E-state index contributed by atoms with van der Waals surface area (Å²) < 4.78 is 105. The van der Waals surface area contributed by atoms with Crippen LogP contribution in [0.15, 0.2) is 53.7 Å². The number of hydrogen-bond acceptors (Lipinski definition) is 14. The number of benzene rings is 2. The number of nitrogens with zero attached hydrogens (tertiary/aromatic N) is 6. The number of nitrogens with one attached hydrogen (secondary N) is 2. The van der Waals surface area contributed by atoms with Gasteiger partial charge in [0.15, 0.2) is 12.3 Å². The number of methoxy groups -OCH3 is 2. The number of amides is 1. The molecule has 5 N–H and O–H groups in total. The van der Waals surface area contributed by atoms with Crippen LogP contribution in [-0.4, -0.2) is 99.7 Å². The summed E-state index contributed by atoms with van der Waals surface area (Å²) in [5.74, 6) is -1.38. The molecule has 1 amide bonds. The van der Waals surface area contributed by atoms with Crippen LogP contribution in [0, 0.1) is 12.7 Å². The van der Waals surface area contributed by atoms with E-state index in [0.717, 1.165) is 0 Å². The molecule has 3 aromatic heterocycles. The molecule has 5 aromatic rings. The molecule has 0 atom stereocenters. The summed E-state index contributed by atoms with van der Waals surface area (Å²) in [6.45, 7) is 4.27. The monoisotopic (exact) mass is 948 g/mol. The average molecular weight is 950 g/mol. The number of sulfonamides is 1. The third-order valence-corrected chi connectivity index (χ3v) is 10.5. The molecule has 0 aliphatic rings. The summed E-state index contributed by atoms with van der Waals surface area (Å²) >= 11 is 12.4. The Hall–Kier alpha value is -4.88. The lowest BCUT2D eigenvalue weighted by molar-refractivity contribution is -0.138. The van der Waals surface area contributed by atoms with Crippen LogP contribution in [0.2, 0.25) is 10.0 Å². The fourth-order valence-corrected chi connectivity index (χ4v) is 6.95. The minimum Gasteiger partial charge on any atom is -0.496 e. The van der Waals surface area contributed by atoms with Gasteiger partial charge in [0.2, 0.25) is 10.9 Å². The van der Waals surface area contributed by atoms with Crippen molar-refractivity contribution in [2.24, 2.45) is 0 Å². The summed E-state index contributed by atoms with van der Waals surface area (Å²) in [4.78, 5) is 43.8. The molecule has 328 valence electrons. The maximum atomic E-state index is 13.0. The summed E-state index contributed by atoms with van der Waals surface area (Å²) in [7, 11) is -5.34. The first kappa shape index (κ1) is 49.5. The predicted molar refractivity (Wildman–Crippen MR) is 210 cm³/mol. The van der Waals surface area contributed by atoms with Gasteiger partial charge in [-0.3, -0.25) is 24.2 Å². The fourth-order valence-electron chi connectivity index (χ4n) is 4.44. The van der Waals surface area contributed by atoms with Gasteiger partial charge < -0.3 is 34.0 Å². The van der Waals surface area contributed by atoms with Crippen LogP contribution >= 0.6 is 42.1 Å². The van der Waals surface area contributed by atoms with Crippen molar-refractivity contribution in [3.05, 3.63) is 75.0 Å². The molecule has 0 unspecified atom stereocenters. The zero-order valence-electron chi connectivity index (χ0n) is 31.6. The number of carboxylic acids is 1. The Labute approximate surface area is 352 Å².